The van der Waals surface area contributed by atoms with Crippen molar-refractivity contribution in [2.45, 2.75) is 59.0 Å². The third-order valence-corrected chi connectivity index (χ3v) is 3.38. The fourth-order valence-electron chi connectivity index (χ4n) is 2.00. The van der Waals surface area contributed by atoms with Crippen molar-refractivity contribution in [2.24, 2.45) is 0 Å². The summed E-state index contributed by atoms with van der Waals surface area (Å²) in [5, 5.41) is 16.1. The molecule has 1 atom stereocenters. The summed E-state index contributed by atoms with van der Waals surface area (Å²) in [6, 6.07) is 0.0240. The molecular weight excluding hydrogens is 242 g/mol. The number of aryl methyl sites for hydroxylation is 1. The van der Waals surface area contributed by atoms with Crippen molar-refractivity contribution in [1.82, 2.24) is 15.1 Å². The van der Waals surface area contributed by atoms with Crippen LogP contribution in [0.1, 0.15) is 55.6 Å². The third-order valence-electron chi connectivity index (χ3n) is 3.38. The Morgan fingerprint density at radius 3 is 2.84 bits per heavy atom. The van der Waals surface area contributed by atoms with Crippen molar-refractivity contribution in [2.75, 3.05) is 6.61 Å². The number of unbranched alkanes of at least 4 members (excludes halogenated alkanes) is 1. The van der Waals surface area contributed by atoms with Gasteiger partial charge < -0.3 is 10.4 Å². The Balaban J connectivity index is 2.68. The number of nitrogens with one attached hydrogen (secondary N) is 1. The van der Waals surface area contributed by atoms with Gasteiger partial charge in [-0.25, -0.2) is 0 Å². The van der Waals surface area contributed by atoms with E-state index in [4.69, 9.17) is 5.11 Å². The quantitative estimate of drug-likeness (QED) is 0.755. The van der Waals surface area contributed by atoms with E-state index in [0.29, 0.717) is 12.0 Å². The maximum atomic E-state index is 12.2. The number of carbonyl (C=O) groups is 1. The van der Waals surface area contributed by atoms with Crippen molar-refractivity contribution < 1.29 is 9.90 Å². The van der Waals surface area contributed by atoms with Crippen molar-refractivity contribution >= 4 is 5.91 Å². The van der Waals surface area contributed by atoms with E-state index >= 15 is 0 Å². The molecule has 1 amide bonds. The van der Waals surface area contributed by atoms with E-state index in [-0.39, 0.29) is 18.6 Å². The summed E-state index contributed by atoms with van der Waals surface area (Å²) >= 11 is 0. The highest BCUT2D eigenvalue weighted by Crippen LogP contribution is 2.09. The Bertz CT molecular complexity index is 401. The smallest absolute Gasteiger partial charge is 0.254 e. The Morgan fingerprint density at radius 2 is 2.26 bits per heavy atom. The number of amides is 1. The van der Waals surface area contributed by atoms with Crippen molar-refractivity contribution in [3.8, 4) is 0 Å². The molecule has 0 saturated carbocycles. The zero-order chi connectivity index (χ0) is 14.3. The summed E-state index contributed by atoms with van der Waals surface area (Å²) in [5.74, 6) is -0.0967. The molecule has 0 aliphatic rings. The number of carbonyl (C=O) groups excluding carboxylic acids is 1. The average Bonchev–Trinajstić information content (AvgIpc) is 2.77. The topological polar surface area (TPSA) is 67.2 Å². The summed E-state index contributed by atoms with van der Waals surface area (Å²) in [4.78, 5) is 12.2. The molecule has 5 heteroatoms. The Labute approximate surface area is 115 Å². The van der Waals surface area contributed by atoms with Crippen LogP contribution in [-0.4, -0.2) is 33.4 Å². The van der Waals surface area contributed by atoms with E-state index in [1.807, 2.05) is 18.5 Å². The van der Waals surface area contributed by atoms with Gasteiger partial charge in [0.25, 0.3) is 5.91 Å². The summed E-state index contributed by atoms with van der Waals surface area (Å²) < 4.78 is 1.88. The van der Waals surface area contributed by atoms with Crippen molar-refractivity contribution in [3.05, 3.63) is 17.5 Å². The second kappa shape index (κ2) is 7.94. The largest absolute Gasteiger partial charge is 0.396 e. The highest BCUT2D eigenvalue weighted by Gasteiger charge is 2.16. The molecule has 1 aromatic rings. The van der Waals surface area contributed by atoms with E-state index in [1.165, 1.54) is 0 Å². The molecule has 1 rings (SSSR count). The molecule has 1 heterocycles. The summed E-state index contributed by atoms with van der Waals surface area (Å²) in [6.07, 6.45) is 5.20. The summed E-state index contributed by atoms with van der Waals surface area (Å²) in [5.41, 5.74) is 1.54. The number of rotatable bonds is 8. The molecular formula is C14H25N3O2. The highest BCUT2D eigenvalue weighted by atomic mass is 16.3. The van der Waals surface area contributed by atoms with Gasteiger partial charge in [0.15, 0.2) is 0 Å². The molecule has 0 bridgehead atoms. The van der Waals surface area contributed by atoms with Crippen LogP contribution in [0.4, 0.5) is 0 Å². The Hall–Kier alpha value is -1.36. The fourth-order valence-corrected chi connectivity index (χ4v) is 2.00. The Kier molecular flexibility index (Phi) is 6.56. The molecule has 0 saturated heterocycles. The van der Waals surface area contributed by atoms with Gasteiger partial charge in [0.1, 0.15) is 0 Å². The van der Waals surface area contributed by atoms with Crippen LogP contribution in [0.15, 0.2) is 6.20 Å². The lowest BCUT2D eigenvalue weighted by molar-refractivity contribution is 0.0928. The lowest BCUT2D eigenvalue weighted by atomic mass is 10.1. The van der Waals surface area contributed by atoms with Crippen molar-refractivity contribution in [1.29, 1.82) is 0 Å². The average molecular weight is 267 g/mol. The molecule has 1 unspecified atom stereocenters. The van der Waals surface area contributed by atoms with E-state index in [1.54, 1.807) is 6.20 Å². The molecule has 0 radical (unpaired) electrons. The first-order valence-electron chi connectivity index (χ1n) is 7.08. The lowest BCUT2D eigenvalue weighted by Gasteiger charge is -2.15. The lowest BCUT2D eigenvalue weighted by Crippen LogP contribution is -2.35. The minimum Gasteiger partial charge on any atom is -0.396 e. The van der Waals surface area contributed by atoms with Crippen LogP contribution in [0.2, 0.25) is 0 Å². The van der Waals surface area contributed by atoms with Gasteiger partial charge >= 0.3 is 0 Å². The van der Waals surface area contributed by atoms with Gasteiger partial charge in [-0.05, 0) is 26.2 Å². The van der Waals surface area contributed by atoms with Crippen molar-refractivity contribution in [3.63, 3.8) is 0 Å². The number of aromatic nitrogens is 2. The first-order valence-corrected chi connectivity index (χ1v) is 7.08. The number of aliphatic hydroxyl groups excluding tert-OH is 1. The van der Waals surface area contributed by atoms with Gasteiger partial charge in [0.05, 0.1) is 11.8 Å². The second-order valence-corrected chi connectivity index (χ2v) is 4.81. The predicted molar refractivity (Wildman–Crippen MR) is 75.1 cm³/mol. The van der Waals surface area contributed by atoms with Crippen LogP contribution in [0.5, 0.6) is 0 Å². The molecule has 2 N–H and O–H groups in total. The number of aliphatic hydroxyl groups is 1. The van der Waals surface area contributed by atoms with Gasteiger partial charge in [-0.1, -0.05) is 20.3 Å². The molecule has 0 fully saturated rings. The first kappa shape index (κ1) is 15.7. The maximum Gasteiger partial charge on any atom is 0.254 e. The van der Waals surface area contributed by atoms with Gasteiger partial charge in [0.2, 0.25) is 0 Å². The maximum absolute atomic E-state index is 12.2. The molecule has 0 aliphatic carbocycles. The molecule has 19 heavy (non-hydrogen) atoms. The van der Waals surface area contributed by atoms with E-state index in [0.717, 1.165) is 31.5 Å². The molecule has 5 nitrogen and oxygen atoms in total. The van der Waals surface area contributed by atoms with Crippen LogP contribution >= 0.6 is 0 Å². The number of nitrogens with zero attached hydrogens (tertiary/aromatic N) is 2. The van der Waals surface area contributed by atoms with E-state index in [2.05, 4.69) is 17.3 Å². The molecule has 0 aromatic carbocycles. The summed E-state index contributed by atoms with van der Waals surface area (Å²) in [7, 11) is 0. The summed E-state index contributed by atoms with van der Waals surface area (Å²) in [6.45, 7) is 6.99. The van der Waals surface area contributed by atoms with Gasteiger partial charge in [-0.15, -0.1) is 0 Å². The SMILES string of the molecule is CCCCn1ncc(C(=O)NC(CC)CCO)c1C. The van der Waals surface area contributed by atoms with Crippen LogP contribution in [0.25, 0.3) is 0 Å². The van der Waals surface area contributed by atoms with Crippen LogP contribution in [-0.2, 0) is 6.54 Å². The molecule has 0 aliphatic heterocycles. The first-order chi connectivity index (χ1) is 9.13. The van der Waals surface area contributed by atoms with Gasteiger partial charge in [-0.2, -0.15) is 5.10 Å². The van der Waals surface area contributed by atoms with Crippen LogP contribution < -0.4 is 5.32 Å². The molecule has 0 spiro atoms. The van der Waals surface area contributed by atoms with Gasteiger partial charge in [0, 0.05) is 24.9 Å². The number of hydrogen-bond donors (Lipinski definition) is 2. The predicted octanol–water partition coefficient (Wildman–Crippen LogP) is 1.88. The number of hydrogen-bond acceptors (Lipinski definition) is 3. The standard InChI is InChI=1S/C14H25N3O2/c1-4-6-8-17-11(3)13(10-15-17)14(19)16-12(5-2)7-9-18/h10,12,18H,4-9H2,1-3H3,(H,16,19). The van der Waals surface area contributed by atoms with Gasteiger partial charge in [-0.3, -0.25) is 9.48 Å². The second-order valence-electron chi connectivity index (χ2n) is 4.81. The highest BCUT2D eigenvalue weighted by molar-refractivity contribution is 5.95. The normalized spacial score (nSPS) is 12.4. The van der Waals surface area contributed by atoms with E-state index in [9.17, 15) is 4.79 Å². The minimum absolute atomic E-state index is 0.0240. The zero-order valence-electron chi connectivity index (χ0n) is 12.1. The minimum atomic E-state index is -0.0967. The molecule has 108 valence electrons. The fraction of sp³-hybridized carbons (Fsp3) is 0.714. The Morgan fingerprint density at radius 1 is 1.53 bits per heavy atom. The molecule has 1 aromatic heterocycles. The zero-order valence-corrected chi connectivity index (χ0v) is 12.1. The monoisotopic (exact) mass is 267 g/mol. The van der Waals surface area contributed by atoms with Crippen LogP contribution in [0, 0.1) is 6.92 Å². The van der Waals surface area contributed by atoms with Crippen LogP contribution in [0.3, 0.4) is 0 Å². The third kappa shape index (κ3) is 4.35. The van der Waals surface area contributed by atoms with E-state index < -0.39 is 0 Å².